The molecule has 0 saturated carbocycles. The van der Waals surface area contributed by atoms with Crippen LogP contribution in [0.15, 0.2) is 18.2 Å². The van der Waals surface area contributed by atoms with Crippen molar-refractivity contribution in [1.82, 2.24) is 10.2 Å². The van der Waals surface area contributed by atoms with E-state index in [4.69, 9.17) is 11.6 Å². The van der Waals surface area contributed by atoms with Gasteiger partial charge in [-0.05, 0) is 46.9 Å². The van der Waals surface area contributed by atoms with Gasteiger partial charge in [0.25, 0.3) is 0 Å². The molecule has 4 heteroatoms. The average molecular weight is 310 g/mol. The Morgan fingerprint density at radius 1 is 1.29 bits per heavy atom. The van der Waals surface area contributed by atoms with E-state index in [0.717, 1.165) is 31.2 Å². The molecule has 1 unspecified atom stereocenters. The number of benzene rings is 1. The van der Waals surface area contributed by atoms with Crippen LogP contribution < -0.4 is 10.2 Å². The SMILES string of the molecule is CC1CN(C)CCN1c1cccc(Cl)c1CNC(C)(C)C. The summed E-state index contributed by atoms with van der Waals surface area (Å²) in [5.74, 6) is 0. The van der Waals surface area contributed by atoms with Crippen molar-refractivity contribution in [2.24, 2.45) is 0 Å². The number of hydrogen-bond donors (Lipinski definition) is 1. The van der Waals surface area contributed by atoms with Gasteiger partial charge in [0.15, 0.2) is 0 Å². The Balaban J connectivity index is 2.24. The molecule has 0 aliphatic carbocycles. The van der Waals surface area contributed by atoms with Crippen LogP contribution in [0.2, 0.25) is 5.02 Å². The van der Waals surface area contributed by atoms with Gasteiger partial charge in [-0.25, -0.2) is 0 Å². The van der Waals surface area contributed by atoms with Gasteiger partial charge in [-0.15, -0.1) is 0 Å². The van der Waals surface area contributed by atoms with Crippen LogP contribution in [0.25, 0.3) is 0 Å². The van der Waals surface area contributed by atoms with Gasteiger partial charge in [-0.3, -0.25) is 0 Å². The van der Waals surface area contributed by atoms with Crippen LogP contribution in [0.4, 0.5) is 5.69 Å². The lowest BCUT2D eigenvalue weighted by atomic mass is 10.1. The molecule has 21 heavy (non-hydrogen) atoms. The van der Waals surface area contributed by atoms with E-state index in [2.05, 4.69) is 62.0 Å². The highest BCUT2D eigenvalue weighted by Crippen LogP contribution is 2.30. The van der Waals surface area contributed by atoms with E-state index in [1.165, 1.54) is 11.3 Å². The molecule has 0 amide bonds. The number of nitrogens with one attached hydrogen (secondary N) is 1. The second-order valence-corrected chi connectivity index (χ2v) is 7.55. The Labute approximate surface area is 134 Å². The van der Waals surface area contributed by atoms with E-state index in [-0.39, 0.29) is 5.54 Å². The van der Waals surface area contributed by atoms with Gasteiger partial charge < -0.3 is 15.1 Å². The lowest BCUT2D eigenvalue weighted by Crippen LogP contribution is -2.51. The number of halogens is 1. The number of hydrogen-bond acceptors (Lipinski definition) is 3. The normalized spacial score (nSPS) is 20.9. The minimum atomic E-state index is 0.0875. The molecule has 1 atom stereocenters. The van der Waals surface area contributed by atoms with Crippen LogP contribution in [0.5, 0.6) is 0 Å². The predicted octanol–water partition coefficient (Wildman–Crippen LogP) is 3.37. The minimum absolute atomic E-state index is 0.0875. The fraction of sp³-hybridized carbons (Fsp3) is 0.647. The summed E-state index contributed by atoms with van der Waals surface area (Å²) in [5, 5.41) is 4.42. The average Bonchev–Trinajstić information content (AvgIpc) is 2.36. The largest absolute Gasteiger partial charge is 0.366 e. The Morgan fingerprint density at radius 3 is 2.62 bits per heavy atom. The molecular formula is C17H28ClN3. The molecule has 1 N–H and O–H groups in total. The van der Waals surface area contributed by atoms with E-state index in [0.29, 0.717) is 6.04 Å². The van der Waals surface area contributed by atoms with Crippen molar-refractivity contribution in [3.05, 3.63) is 28.8 Å². The van der Waals surface area contributed by atoms with Gasteiger partial charge in [0, 0.05) is 54.0 Å². The molecule has 1 aliphatic heterocycles. The van der Waals surface area contributed by atoms with E-state index in [9.17, 15) is 0 Å². The van der Waals surface area contributed by atoms with E-state index >= 15 is 0 Å². The maximum atomic E-state index is 6.48. The van der Waals surface area contributed by atoms with Crippen LogP contribution in [0.1, 0.15) is 33.3 Å². The Hall–Kier alpha value is -0.770. The molecule has 1 saturated heterocycles. The molecule has 1 aromatic rings. The zero-order valence-electron chi connectivity index (χ0n) is 13.9. The molecule has 0 radical (unpaired) electrons. The van der Waals surface area contributed by atoms with Crippen molar-refractivity contribution in [3.63, 3.8) is 0 Å². The summed E-state index contributed by atoms with van der Waals surface area (Å²) in [6, 6.07) is 6.76. The fourth-order valence-electron chi connectivity index (χ4n) is 2.84. The lowest BCUT2D eigenvalue weighted by molar-refractivity contribution is 0.275. The highest BCUT2D eigenvalue weighted by molar-refractivity contribution is 6.31. The zero-order chi connectivity index (χ0) is 15.6. The molecule has 0 bridgehead atoms. The number of rotatable bonds is 3. The van der Waals surface area contributed by atoms with Gasteiger partial charge in [0.1, 0.15) is 0 Å². The van der Waals surface area contributed by atoms with E-state index in [1.807, 2.05) is 6.07 Å². The van der Waals surface area contributed by atoms with Crippen molar-refractivity contribution in [3.8, 4) is 0 Å². The predicted molar refractivity (Wildman–Crippen MR) is 92.3 cm³/mol. The molecule has 118 valence electrons. The standard InChI is InChI=1S/C17H28ClN3/c1-13-12-20(5)9-10-21(13)16-8-6-7-15(18)14(16)11-19-17(2,3)4/h6-8,13,19H,9-12H2,1-5H3. The molecule has 1 aliphatic rings. The van der Waals surface area contributed by atoms with Gasteiger partial charge in [0.2, 0.25) is 0 Å². The second-order valence-electron chi connectivity index (χ2n) is 7.15. The highest BCUT2D eigenvalue weighted by Gasteiger charge is 2.24. The van der Waals surface area contributed by atoms with Crippen LogP contribution in [-0.2, 0) is 6.54 Å². The lowest BCUT2D eigenvalue weighted by Gasteiger charge is -2.41. The second kappa shape index (κ2) is 6.55. The molecule has 1 heterocycles. The topological polar surface area (TPSA) is 18.5 Å². The Kier molecular flexibility index (Phi) is 5.18. The number of piperazine rings is 1. The molecule has 0 aromatic heterocycles. The van der Waals surface area contributed by atoms with Crippen LogP contribution in [-0.4, -0.2) is 43.2 Å². The summed E-state index contributed by atoms with van der Waals surface area (Å²) in [7, 11) is 2.19. The molecular weight excluding hydrogens is 282 g/mol. The third-order valence-corrected chi connectivity index (χ3v) is 4.38. The molecule has 1 aromatic carbocycles. The third kappa shape index (κ3) is 4.35. The molecule has 3 nitrogen and oxygen atoms in total. The van der Waals surface area contributed by atoms with Gasteiger partial charge >= 0.3 is 0 Å². The quantitative estimate of drug-likeness (QED) is 0.923. The van der Waals surface area contributed by atoms with Crippen molar-refractivity contribution >= 4 is 17.3 Å². The van der Waals surface area contributed by atoms with Gasteiger partial charge in [0.05, 0.1) is 0 Å². The van der Waals surface area contributed by atoms with Gasteiger partial charge in [-0.2, -0.15) is 0 Å². The van der Waals surface area contributed by atoms with E-state index in [1.54, 1.807) is 0 Å². The number of likely N-dealkylation sites (N-methyl/N-ethyl adjacent to an activating group) is 1. The smallest absolute Gasteiger partial charge is 0.0471 e. The van der Waals surface area contributed by atoms with Crippen molar-refractivity contribution in [2.75, 3.05) is 31.6 Å². The molecule has 1 fully saturated rings. The summed E-state index contributed by atoms with van der Waals surface area (Å²) in [5.41, 5.74) is 2.58. The van der Waals surface area contributed by atoms with Crippen molar-refractivity contribution < 1.29 is 0 Å². The maximum absolute atomic E-state index is 6.48. The summed E-state index contributed by atoms with van der Waals surface area (Å²) >= 11 is 6.48. The monoisotopic (exact) mass is 309 g/mol. The van der Waals surface area contributed by atoms with Crippen LogP contribution in [0.3, 0.4) is 0 Å². The van der Waals surface area contributed by atoms with E-state index < -0.39 is 0 Å². The summed E-state index contributed by atoms with van der Waals surface area (Å²) in [6.07, 6.45) is 0. The van der Waals surface area contributed by atoms with Crippen LogP contribution in [0, 0.1) is 0 Å². The minimum Gasteiger partial charge on any atom is -0.366 e. The number of anilines is 1. The number of nitrogens with zero attached hydrogens (tertiary/aromatic N) is 2. The summed E-state index contributed by atoms with van der Waals surface area (Å²) in [4.78, 5) is 4.88. The Bertz CT molecular complexity index is 481. The summed E-state index contributed by atoms with van der Waals surface area (Å²) in [6.45, 7) is 12.9. The first-order chi connectivity index (χ1) is 9.78. The fourth-order valence-corrected chi connectivity index (χ4v) is 3.08. The van der Waals surface area contributed by atoms with Gasteiger partial charge in [-0.1, -0.05) is 17.7 Å². The van der Waals surface area contributed by atoms with Crippen molar-refractivity contribution in [1.29, 1.82) is 0 Å². The Morgan fingerprint density at radius 2 is 2.00 bits per heavy atom. The first kappa shape index (κ1) is 16.6. The first-order valence-corrected chi connectivity index (χ1v) is 8.13. The van der Waals surface area contributed by atoms with Crippen LogP contribution >= 0.6 is 11.6 Å². The maximum Gasteiger partial charge on any atom is 0.0471 e. The highest BCUT2D eigenvalue weighted by atomic mass is 35.5. The zero-order valence-corrected chi connectivity index (χ0v) is 14.7. The summed E-state index contributed by atoms with van der Waals surface area (Å²) < 4.78 is 0. The third-order valence-electron chi connectivity index (χ3n) is 4.03. The first-order valence-electron chi connectivity index (χ1n) is 7.75. The molecule has 2 rings (SSSR count). The van der Waals surface area contributed by atoms with Crippen molar-refractivity contribution in [2.45, 2.75) is 45.8 Å². The molecule has 0 spiro atoms.